The molecule has 33 heavy (non-hydrogen) atoms. The van der Waals surface area contributed by atoms with Gasteiger partial charge in [0.2, 0.25) is 11.8 Å². The number of amides is 3. The average Bonchev–Trinajstić information content (AvgIpc) is 3.15. The number of nitrogens with one attached hydrogen (secondary N) is 1. The summed E-state index contributed by atoms with van der Waals surface area (Å²) in [7, 11) is 1.60. The van der Waals surface area contributed by atoms with E-state index in [9.17, 15) is 19.6 Å². The van der Waals surface area contributed by atoms with E-state index in [-0.39, 0.29) is 47.9 Å². The van der Waals surface area contributed by atoms with Gasteiger partial charge in [-0.3, -0.25) is 19.3 Å². The molecule has 0 aromatic heterocycles. The SMILES string of the molecule is CNC(=O)c1ccc(C(C)N2C(=O)C3C[C@H]2CN3CC(N)C(=O)N2C(C#N)C[C@@H]3CC32)cc1. The van der Waals surface area contributed by atoms with Gasteiger partial charge in [0.25, 0.3) is 5.91 Å². The molecule has 3 saturated heterocycles. The summed E-state index contributed by atoms with van der Waals surface area (Å²) >= 11 is 0. The van der Waals surface area contributed by atoms with E-state index in [1.165, 1.54) is 0 Å². The Morgan fingerprint density at radius 1 is 1.24 bits per heavy atom. The van der Waals surface area contributed by atoms with Crippen LogP contribution in [0.1, 0.15) is 48.1 Å². The van der Waals surface area contributed by atoms with Crippen molar-refractivity contribution in [2.75, 3.05) is 20.1 Å². The van der Waals surface area contributed by atoms with Crippen molar-refractivity contribution in [3.8, 4) is 6.07 Å². The second kappa shape index (κ2) is 8.12. The molecule has 174 valence electrons. The minimum Gasteiger partial charge on any atom is -0.355 e. The molecule has 4 fully saturated rings. The van der Waals surface area contributed by atoms with Gasteiger partial charge in [0.15, 0.2) is 0 Å². The zero-order valence-electron chi connectivity index (χ0n) is 19.0. The van der Waals surface area contributed by atoms with Crippen molar-refractivity contribution in [2.24, 2.45) is 11.7 Å². The Morgan fingerprint density at radius 2 is 1.97 bits per heavy atom. The molecule has 1 aromatic carbocycles. The smallest absolute Gasteiger partial charge is 0.251 e. The Bertz CT molecular complexity index is 1020. The number of nitrogens with two attached hydrogens (primary N) is 1. The molecule has 1 aliphatic carbocycles. The van der Waals surface area contributed by atoms with Gasteiger partial charge in [-0.05, 0) is 49.8 Å². The van der Waals surface area contributed by atoms with E-state index in [0.717, 1.165) is 24.8 Å². The number of likely N-dealkylation sites (tertiary alicyclic amines) is 3. The third kappa shape index (κ3) is 3.58. The molecule has 5 rings (SSSR count). The van der Waals surface area contributed by atoms with E-state index in [4.69, 9.17) is 5.73 Å². The fraction of sp³-hybridized carbons (Fsp3) is 0.583. The Labute approximate surface area is 193 Å². The first kappa shape index (κ1) is 21.9. The average molecular weight is 451 g/mol. The second-order valence-corrected chi connectivity index (χ2v) is 9.78. The third-order valence-electron chi connectivity index (χ3n) is 7.87. The van der Waals surface area contributed by atoms with Crippen LogP contribution in [0.2, 0.25) is 0 Å². The van der Waals surface area contributed by atoms with Crippen LogP contribution in [0.25, 0.3) is 0 Å². The number of rotatable bonds is 6. The Hall–Kier alpha value is -2.96. The Morgan fingerprint density at radius 3 is 2.61 bits per heavy atom. The molecule has 4 aliphatic rings. The van der Waals surface area contributed by atoms with Gasteiger partial charge in [-0.1, -0.05) is 12.1 Å². The summed E-state index contributed by atoms with van der Waals surface area (Å²) in [6.07, 6.45) is 2.46. The van der Waals surface area contributed by atoms with Crippen LogP contribution in [0.15, 0.2) is 24.3 Å². The molecule has 9 heteroatoms. The fourth-order valence-corrected chi connectivity index (χ4v) is 6.03. The first-order valence-corrected chi connectivity index (χ1v) is 11.7. The van der Waals surface area contributed by atoms with E-state index >= 15 is 0 Å². The number of nitriles is 1. The number of fused-ring (bicyclic) bond motifs is 3. The zero-order valence-corrected chi connectivity index (χ0v) is 19.0. The first-order valence-electron chi connectivity index (χ1n) is 11.7. The highest BCUT2D eigenvalue weighted by atomic mass is 16.2. The number of piperidine rings is 1. The van der Waals surface area contributed by atoms with Gasteiger partial charge in [0.05, 0.1) is 24.2 Å². The normalized spacial score (nSPS) is 31.8. The van der Waals surface area contributed by atoms with Gasteiger partial charge >= 0.3 is 0 Å². The third-order valence-corrected chi connectivity index (χ3v) is 7.87. The van der Waals surface area contributed by atoms with Gasteiger partial charge in [-0.2, -0.15) is 5.26 Å². The van der Waals surface area contributed by atoms with E-state index in [2.05, 4.69) is 11.4 Å². The summed E-state index contributed by atoms with van der Waals surface area (Å²) in [5.41, 5.74) is 7.86. The minimum atomic E-state index is -0.726. The van der Waals surface area contributed by atoms with E-state index in [1.54, 1.807) is 24.1 Å². The van der Waals surface area contributed by atoms with Crippen molar-refractivity contribution in [2.45, 2.75) is 62.4 Å². The largest absolute Gasteiger partial charge is 0.355 e. The first-order chi connectivity index (χ1) is 15.8. The molecule has 7 atom stereocenters. The van der Waals surface area contributed by atoms with Crippen LogP contribution < -0.4 is 11.1 Å². The van der Waals surface area contributed by atoms with Gasteiger partial charge < -0.3 is 20.9 Å². The lowest BCUT2D eigenvalue weighted by molar-refractivity contribution is -0.141. The standard InChI is InChI=1S/C24H30N6O3/c1-13(14-3-5-15(6-4-14)22(31)27-2)29-18-9-21(24(29)33)28(11-18)12-19(26)23(32)30-17(10-25)7-16-8-20(16)30/h3-6,13,16-21H,7-9,11-12,26H2,1-2H3,(H,27,31)/t13?,16-,17?,18+,19?,20?,21?/m1/s1. The van der Waals surface area contributed by atoms with E-state index in [1.807, 2.05) is 28.9 Å². The molecule has 5 unspecified atom stereocenters. The van der Waals surface area contributed by atoms with Crippen molar-refractivity contribution < 1.29 is 14.4 Å². The number of hydrogen-bond acceptors (Lipinski definition) is 6. The summed E-state index contributed by atoms with van der Waals surface area (Å²) in [5.74, 6) is 0.213. The van der Waals surface area contributed by atoms with Gasteiger partial charge in [-0.25, -0.2) is 0 Å². The van der Waals surface area contributed by atoms with Crippen molar-refractivity contribution in [1.82, 2.24) is 20.0 Å². The maximum Gasteiger partial charge on any atom is 0.251 e. The molecule has 0 spiro atoms. The zero-order chi connectivity index (χ0) is 23.4. The lowest BCUT2D eigenvalue weighted by atomic mass is 10.0. The van der Waals surface area contributed by atoms with Crippen LogP contribution in [-0.2, 0) is 9.59 Å². The number of piperazine rings is 1. The molecule has 1 saturated carbocycles. The molecule has 2 bridgehead atoms. The number of hydrogen-bond donors (Lipinski definition) is 2. The lowest BCUT2D eigenvalue weighted by Gasteiger charge is -2.38. The number of carbonyl (C=O) groups excluding carboxylic acids is 3. The molecular formula is C24H30N6O3. The molecule has 3 amide bonds. The summed E-state index contributed by atoms with van der Waals surface area (Å²) in [6.45, 7) is 3.03. The quantitative estimate of drug-likeness (QED) is 0.640. The molecule has 9 nitrogen and oxygen atoms in total. The van der Waals surface area contributed by atoms with Crippen LogP contribution in [0.4, 0.5) is 0 Å². The number of carbonyl (C=O) groups is 3. The molecule has 1 aromatic rings. The molecular weight excluding hydrogens is 420 g/mol. The summed E-state index contributed by atoms with van der Waals surface area (Å²) in [4.78, 5) is 43.7. The van der Waals surface area contributed by atoms with E-state index < -0.39 is 6.04 Å². The highest BCUT2D eigenvalue weighted by Gasteiger charge is 2.56. The fourth-order valence-electron chi connectivity index (χ4n) is 6.03. The molecule has 3 aliphatic heterocycles. The molecule has 3 N–H and O–H groups in total. The molecule has 0 radical (unpaired) electrons. The van der Waals surface area contributed by atoms with Gasteiger partial charge in [0, 0.05) is 37.8 Å². The number of nitrogens with zero attached hydrogens (tertiary/aromatic N) is 4. The van der Waals surface area contributed by atoms with Crippen molar-refractivity contribution in [3.63, 3.8) is 0 Å². The van der Waals surface area contributed by atoms with Gasteiger partial charge in [0.1, 0.15) is 6.04 Å². The van der Waals surface area contributed by atoms with Crippen molar-refractivity contribution in [1.29, 1.82) is 5.26 Å². The molecule has 3 heterocycles. The Balaban J connectivity index is 1.21. The van der Waals surface area contributed by atoms with Crippen LogP contribution >= 0.6 is 0 Å². The summed E-state index contributed by atoms with van der Waals surface area (Å²) in [5, 5.41) is 12.0. The predicted octanol–water partition coefficient (Wildman–Crippen LogP) is 0.233. The topological polar surface area (TPSA) is 123 Å². The van der Waals surface area contributed by atoms with Crippen molar-refractivity contribution in [3.05, 3.63) is 35.4 Å². The highest BCUT2D eigenvalue weighted by Crippen LogP contribution is 2.48. The van der Waals surface area contributed by atoms with Crippen LogP contribution in [0.3, 0.4) is 0 Å². The van der Waals surface area contributed by atoms with E-state index in [0.29, 0.717) is 24.6 Å². The predicted molar refractivity (Wildman–Crippen MR) is 120 cm³/mol. The van der Waals surface area contributed by atoms with Crippen LogP contribution in [0, 0.1) is 17.2 Å². The second-order valence-electron chi connectivity index (χ2n) is 9.78. The van der Waals surface area contributed by atoms with Crippen molar-refractivity contribution >= 4 is 17.7 Å². The maximum atomic E-state index is 13.2. The van der Waals surface area contributed by atoms with Gasteiger partial charge in [-0.15, -0.1) is 0 Å². The minimum absolute atomic E-state index is 0.0621. The lowest BCUT2D eigenvalue weighted by Crippen LogP contribution is -2.57. The van der Waals surface area contributed by atoms with Crippen LogP contribution in [0.5, 0.6) is 0 Å². The monoisotopic (exact) mass is 450 g/mol. The highest BCUT2D eigenvalue weighted by molar-refractivity contribution is 5.94. The van der Waals surface area contributed by atoms with Crippen LogP contribution in [-0.4, -0.2) is 82.8 Å². The summed E-state index contributed by atoms with van der Waals surface area (Å²) in [6, 6.07) is 8.38. The Kier molecular flexibility index (Phi) is 5.38. The number of benzene rings is 1. The maximum absolute atomic E-state index is 13.2. The summed E-state index contributed by atoms with van der Waals surface area (Å²) < 4.78 is 0.